The number of rotatable bonds is 6. The van der Waals surface area contributed by atoms with Gasteiger partial charge in [-0.15, -0.1) is 0 Å². The average molecular weight is 329 g/mol. The van der Waals surface area contributed by atoms with E-state index < -0.39 is 6.10 Å². The smallest absolute Gasteiger partial charge is 0.260 e. The fourth-order valence-electron chi connectivity index (χ4n) is 2.49. The van der Waals surface area contributed by atoms with E-state index in [0.717, 1.165) is 28.0 Å². The van der Waals surface area contributed by atoms with Crippen molar-refractivity contribution in [2.24, 2.45) is 0 Å². The van der Waals surface area contributed by atoms with E-state index in [9.17, 15) is 9.18 Å². The number of halogens is 1. The summed E-state index contributed by atoms with van der Waals surface area (Å²) in [7, 11) is 0. The van der Waals surface area contributed by atoms with Crippen molar-refractivity contribution in [3.05, 3.63) is 64.5 Å². The third kappa shape index (κ3) is 4.82. The molecule has 1 amide bonds. The molecule has 0 aliphatic carbocycles. The van der Waals surface area contributed by atoms with E-state index in [4.69, 9.17) is 4.74 Å². The molecule has 1 N–H and O–H groups in total. The number of amides is 1. The second-order valence-electron chi connectivity index (χ2n) is 6.13. The average Bonchev–Trinajstić information content (AvgIpc) is 2.53. The molecular weight excluding hydrogens is 305 g/mol. The van der Waals surface area contributed by atoms with Crippen LogP contribution < -0.4 is 10.1 Å². The molecule has 128 valence electrons. The minimum absolute atomic E-state index is 0.157. The van der Waals surface area contributed by atoms with Crippen molar-refractivity contribution >= 4 is 5.91 Å². The minimum atomic E-state index is -0.571. The highest BCUT2D eigenvalue weighted by atomic mass is 19.1. The first-order valence-corrected chi connectivity index (χ1v) is 8.13. The molecule has 0 radical (unpaired) electrons. The molecule has 0 spiro atoms. The summed E-state index contributed by atoms with van der Waals surface area (Å²) < 4.78 is 18.7. The maximum absolute atomic E-state index is 12.9. The lowest BCUT2D eigenvalue weighted by Gasteiger charge is -2.18. The summed E-state index contributed by atoms with van der Waals surface area (Å²) in [6, 6.07) is 10.3. The van der Waals surface area contributed by atoms with Gasteiger partial charge in [-0.25, -0.2) is 4.39 Å². The van der Waals surface area contributed by atoms with E-state index in [2.05, 4.69) is 11.4 Å². The Balaban J connectivity index is 1.87. The van der Waals surface area contributed by atoms with Crippen molar-refractivity contribution < 1.29 is 13.9 Å². The van der Waals surface area contributed by atoms with Gasteiger partial charge in [0.15, 0.2) is 6.10 Å². The summed E-state index contributed by atoms with van der Waals surface area (Å²) in [6.45, 7) is 8.26. The van der Waals surface area contributed by atoms with Crippen LogP contribution in [0.3, 0.4) is 0 Å². The van der Waals surface area contributed by atoms with Crippen LogP contribution in [0.2, 0.25) is 0 Å². The Morgan fingerprint density at radius 3 is 2.50 bits per heavy atom. The van der Waals surface area contributed by atoms with Gasteiger partial charge in [-0.2, -0.15) is 0 Å². The van der Waals surface area contributed by atoms with E-state index >= 15 is 0 Å². The topological polar surface area (TPSA) is 38.3 Å². The van der Waals surface area contributed by atoms with Crippen LogP contribution in [0.5, 0.6) is 5.75 Å². The van der Waals surface area contributed by atoms with Gasteiger partial charge in [0.25, 0.3) is 5.91 Å². The number of carbonyl (C=O) groups is 1. The molecule has 0 aliphatic heterocycles. The Morgan fingerprint density at radius 2 is 1.83 bits per heavy atom. The first-order chi connectivity index (χ1) is 11.4. The second-order valence-corrected chi connectivity index (χ2v) is 6.13. The lowest BCUT2D eigenvalue weighted by molar-refractivity contribution is -0.127. The van der Waals surface area contributed by atoms with Gasteiger partial charge < -0.3 is 10.1 Å². The molecule has 4 heteroatoms. The Kier molecular flexibility index (Phi) is 5.96. The zero-order valence-corrected chi connectivity index (χ0v) is 14.7. The molecule has 2 aromatic rings. The first-order valence-electron chi connectivity index (χ1n) is 8.13. The number of benzene rings is 2. The van der Waals surface area contributed by atoms with Crippen molar-refractivity contribution in [1.82, 2.24) is 5.32 Å². The second kappa shape index (κ2) is 7.95. The number of hydrogen-bond acceptors (Lipinski definition) is 2. The zero-order valence-electron chi connectivity index (χ0n) is 14.7. The Hall–Kier alpha value is -2.36. The minimum Gasteiger partial charge on any atom is -0.481 e. The highest BCUT2D eigenvalue weighted by Gasteiger charge is 2.16. The summed E-state index contributed by atoms with van der Waals surface area (Å²) >= 11 is 0. The third-order valence-electron chi connectivity index (χ3n) is 4.06. The maximum atomic E-state index is 12.9. The molecule has 0 saturated carbocycles. The lowest BCUT2D eigenvalue weighted by Crippen LogP contribution is -2.37. The third-order valence-corrected chi connectivity index (χ3v) is 4.06. The van der Waals surface area contributed by atoms with E-state index in [1.165, 1.54) is 12.1 Å². The van der Waals surface area contributed by atoms with Gasteiger partial charge in [0.1, 0.15) is 11.6 Å². The van der Waals surface area contributed by atoms with E-state index in [1.807, 2.05) is 26.8 Å². The van der Waals surface area contributed by atoms with Gasteiger partial charge in [0.05, 0.1) is 0 Å². The van der Waals surface area contributed by atoms with Crippen LogP contribution in [0.4, 0.5) is 4.39 Å². The standard InChI is InChI=1S/C20H24FNO2/c1-13-11-14(2)15(3)19(12-13)24-16(4)20(23)22-10-9-17-5-7-18(21)8-6-17/h5-8,11-12,16H,9-10H2,1-4H3,(H,22,23)/t16-/m0/s1. The van der Waals surface area contributed by atoms with Gasteiger partial charge in [-0.1, -0.05) is 18.2 Å². The summed E-state index contributed by atoms with van der Waals surface area (Å²) in [4.78, 5) is 12.2. The summed E-state index contributed by atoms with van der Waals surface area (Å²) in [6.07, 6.45) is 0.0829. The summed E-state index contributed by atoms with van der Waals surface area (Å²) in [5, 5.41) is 2.86. The van der Waals surface area contributed by atoms with Gasteiger partial charge in [0, 0.05) is 6.54 Å². The predicted molar refractivity (Wildman–Crippen MR) is 93.9 cm³/mol. The SMILES string of the molecule is Cc1cc(C)c(C)c(O[C@@H](C)C(=O)NCCc2ccc(F)cc2)c1. The van der Waals surface area contributed by atoms with Crippen molar-refractivity contribution in [3.8, 4) is 5.75 Å². The molecular formula is C20H24FNO2. The van der Waals surface area contributed by atoms with E-state index in [-0.39, 0.29) is 11.7 Å². The molecule has 2 rings (SSSR count). The van der Waals surface area contributed by atoms with Crippen molar-refractivity contribution in [2.45, 2.75) is 40.2 Å². The fourth-order valence-corrected chi connectivity index (χ4v) is 2.49. The van der Waals surface area contributed by atoms with Gasteiger partial charge >= 0.3 is 0 Å². The van der Waals surface area contributed by atoms with Gasteiger partial charge in [-0.05, 0) is 74.6 Å². The predicted octanol–water partition coefficient (Wildman–Crippen LogP) is 3.88. The Bertz CT molecular complexity index is 710. The van der Waals surface area contributed by atoms with E-state index in [1.54, 1.807) is 19.1 Å². The Morgan fingerprint density at radius 1 is 1.17 bits per heavy atom. The number of carbonyl (C=O) groups excluding carboxylic acids is 1. The number of aryl methyl sites for hydroxylation is 2. The van der Waals surface area contributed by atoms with Crippen molar-refractivity contribution in [1.29, 1.82) is 0 Å². The molecule has 2 aromatic carbocycles. The molecule has 0 saturated heterocycles. The molecule has 0 aliphatic rings. The van der Waals surface area contributed by atoms with Gasteiger partial charge in [-0.3, -0.25) is 4.79 Å². The highest BCUT2D eigenvalue weighted by molar-refractivity contribution is 5.80. The number of hydrogen-bond donors (Lipinski definition) is 1. The van der Waals surface area contributed by atoms with E-state index in [0.29, 0.717) is 13.0 Å². The normalized spacial score (nSPS) is 11.9. The van der Waals surface area contributed by atoms with Crippen LogP contribution in [0, 0.1) is 26.6 Å². The quantitative estimate of drug-likeness (QED) is 0.873. The van der Waals surface area contributed by atoms with Gasteiger partial charge in [0.2, 0.25) is 0 Å². The zero-order chi connectivity index (χ0) is 17.7. The van der Waals surface area contributed by atoms with Crippen LogP contribution in [0.25, 0.3) is 0 Å². The van der Waals surface area contributed by atoms with Crippen LogP contribution in [0.15, 0.2) is 36.4 Å². The Labute approximate surface area is 142 Å². The number of nitrogens with one attached hydrogen (secondary N) is 1. The summed E-state index contributed by atoms with van der Waals surface area (Å²) in [5.41, 5.74) is 4.29. The van der Waals surface area contributed by atoms with Crippen LogP contribution in [-0.4, -0.2) is 18.6 Å². The largest absolute Gasteiger partial charge is 0.481 e. The monoisotopic (exact) mass is 329 g/mol. The molecule has 0 heterocycles. The number of ether oxygens (including phenoxy) is 1. The molecule has 24 heavy (non-hydrogen) atoms. The molecule has 0 unspecified atom stereocenters. The molecule has 1 atom stereocenters. The van der Waals surface area contributed by atoms with Crippen molar-refractivity contribution in [2.75, 3.05) is 6.54 Å². The lowest BCUT2D eigenvalue weighted by atomic mass is 10.1. The molecule has 0 aromatic heterocycles. The molecule has 3 nitrogen and oxygen atoms in total. The first kappa shape index (κ1) is 18.0. The summed E-state index contributed by atoms with van der Waals surface area (Å²) in [5.74, 6) is 0.331. The van der Waals surface area contributed by atoms with Crippen LogP contribution in [0.1, 0.15) is 29.2 Å². The highest BCUT2D eigenvalue weighted by Crippen LogP contribution is 2.24. The van der Waals surface area contributed by atoms with Crippen LogP contribution >= 0.6 is 0 Å². The maximum Gasteiger partial charge on any atom is 0.260 e. The fraction of sp³-hybridized carbons (Fsp3) is 0.350. The molecule has 0 bridgehead atoms. The molecule has 0 fully saturated rings. The van der Waals surface area contributed by atoms with Crippen molar-refractivity contribution in [3.63, 3.8) is 0 Å². The van der Waals surface area contributed by atoms with Crippen LogP contribution in [-0.2, 0) is 11.2 Å².